The number of halogens is 1. The molecule has 1 unspecified atom stereocenters. The van der Waals surface area contributed by atoms with Gasteiger partial charge in [0.25, 0.3) is 5.91 Å². The summed E-state index contributed by atoms with van der Waals surface area (Å²) in [5.41, 5.74) is 2.37. The minimum atomic E-state index is -1.48. The van der Waals surface area contributed by atoms with Crippen molar-refractivity contribution in [2.75, 3.05) is 11.9 Å². The molecule has 1 heterocycles. The number of aliphatic carboxylic acids is 1. The molecule has 3 rings (SSSR count). The maximum Gasteiger partial charge on any atom is 0.338 e. The van der Waals surface area contributed by atoms with Crippen LogP contribution in [-0.2, 0) is 9.59 Å². The van der Waals surface area contributed by atoms with Crippen LogP contribution in [0.3, 0.4) is 0 Å². The lowest BCUT2D eigenvalue weighted by atomic mass is 10.0. The third-order valence-electron chi connectivity index (χ3n) is 3.68. The first-order valence-electron chi connectivity index (χ1n) is 7.92. The van der Waals surface area contributed by atoms with Crippen molar-refractivity contribution < 1.29 is 14.7 Å². The number of rotatable bonds is 2. The lowest BCUT2D eigenvalue weighted by Crippen LogP contribution is -2.39. The molecule has 1 amide bonds. The Labute approximate surface area is 151 Å². The number of hydrogen-bond acceptors (Lipinski definition) is 3. The summed E-state index contributed by atoms with van der Waals surface area (Å²) < 4.78 is 0. The number of amides is 1. The van der Waals surface area contributed by atoms with Crippen molar-refractivity contribution in [2.24, 2.45) is 4.99 Å². The number of carbonyl (C=O) groups excluding carboxylic acids is 1. The van der Waals surface area contributed by atoms with Crippen LogP contribution in [0.4, 0.5) is 5.69 Å². The minimum absolute atomic E-state index is 0.438. The Morgan fingerprint density at radius 1 is 1.16 bits per heavy atom. The predicted molar refractivity (Wildman–Crippen MR) is 99.7 cm³/mol. The standard InChI is InChI=1S/C17H13ClN2O3.C2H6/c1-20-13-8-7-11(18)9-12(13)14(10-5-3-2-4-6-10)19-15(16(20)21)17(22)23;1-2/h2-9,15H,1H3,(H,22,23);1-2H3. The molecule has 5 nitrogen and oxygen atoms in total. The highest BCUT2D eigenvalue weighted by molar-refractivity contribution is 6.32. The van der Waals surface area contributed by atoms with Crippen molar-refractivity contribution in [2.45, 2.75) is 19.9 Å². The molecule has 0 saturated carbocycles. The number of anilines is 1. The van der Waals surface area contributed by atoms with Crippen molar-refractivity contribution in [3.63, 3.8) is 0 Å². The van der Waals surface area contributed by atoms with Crippen LogP contribution >= 0.6 is 11.6 Å². The van der Waals surface area contributed by atoms with Gasteiger partial charge in [0.2, 0.25) is 6.04 Å². The van der Waals surface area contributed by atoms with Crippen molar-refractivity contribution >= 4 is 34.9 Å². The summed E-state index contributed by atoms with van der Waals surface area (Å²) in [5, 5.41) is 9.86. The highest BCUT2D eigenvalue weighted by Gasteiger charge is 2.34. The largest absolute Gasteiger partial charge is 0.479 e. The van der Waals surface area contributed by atoms with Gasteiger partial charge in [-0.2, -0.15) is 0 Å². The van der Waals surface area contributed by atoms with Crippen molar-refractivity contribution in [1.29, 1.82) is 0 Å². The Bertz CT molecular complexity index is 819. The molecule has 0 saturated heterocycles. The molecular formula is C19H19ClN2O3. The van der Waals surface area contributed by atoms with E-state index in [0.29, 0.717) is 22.0 Å². The van der Waals surface area contributed by atoms with E-state index in [0.717, 1.165) is 5.56 Å². The number of benzene rings is 2. The van der Waals surface area contributed by atoms with E-state index in [1.54, 1.807) is 18.2 Å². The molecule has 1 atom stereocenters. The van der Waals surface area contributed by atoms with Gasteiger partial charge in [-0.1, -0.05) is 55.8 Å². The monoisotopic (exact) mass is 358 g/mol. The van der Waals surface area contributed by atoms with Gasteiger partial charge in [-0.05, 0) is 18.2 Å². The van der Waals surface area contributed by atoms with E-state index in [1.165, 1.54) is 11.9 Å². The molecule has 1 N–H and O–H groups in total. The molecule has 2 aromatic carbocycles. The summed E-state index contributed by atoms with van der Waals surface area (Å²) >= 11 is 6.09. The molecule has 0 spiro atoms. The zero-order chi connectivity index (χ0) is 18.6. The number of likely N-dealkylation sites (N-methyl/N-ethyl adjacent to an activating group) is 1. The number of hydrogen-bond donors (Lipinski definition) is 1. The van der Waals surface area contributed by atoms with Gasteiger partial charge in [0.1, 0.15) is 0 Å². The average Bonchev–Trinajstić information content (AvgIpc) is 2.73. The summed E-state index contributed by atoms with van der Waals surface area (Å²) in [5.74, 6) is -1.87. The molecule has 2 aromatic rings. The molecule has 1 aliphatic rings. The normalized spacial score (nSPS) is 16.2. The first kappa shape index (κ1) is 18.7. The van der Waals surface area contributed by atoms with E-state index in [4.69, 9.17) is 11.6 Å². The number of benzodiazepines with no additional fused rings is 1. The van der Waals surface area contributed by atoms with E-state index in [-0.39, 0.29) is 0 Å². The highest BCUT2D eigenvalue weighted by atomic mass is 35.5. The summed E-state index contributed by atoms with van der Waals surface area (Å²) in [4.78, 5) is 29.4. The molecule has 130 valence electrons. The van der Waals surface area contributed by atoms with Gasteiger partial charge in [-0.25, -0.2) is 4.79 Å². The number of aliphatic imine (C=N–C) groups is 1. The molecule has 0 fully saturated rings. The maximum atomic E-state index is 12.4. The first-order chi connectivity index (χ1) is 12.0. The topological polar surface area (TPSA) is 70.0 Å². The molecule has 6 heteroatoms. The van der Waals surface area contributed by atoms with Crippen molar-refractivity contribution in [3.8, 4) is 0 Å². The van der Waals surface area contributed by atoms with Crippen LogP contribution in [0, 0.1) is 0 Å². The van der Waals surface area contributed by atoms with Crippen LogP contribution < -0.4 is 4.90 Å². The second-order valence-corrected chi connectivity index (χ2v) is 5.58. The van der Waals surface area contributed by atoms with Crippen LogP contribution in [-0.4, -0.2) is 35.8 Å². The van der Waals surface area contributed by atoms with E-state index >= 15 is 0 Å². The van der Waals surface area contributed by atoms with E-state index < -0.39 is 17.9 Å². The Hall–Kier alpha value is -2.66. The maximum absolute atomic E-state index is 12.4. The highest BCUT2D eigenvalue weighted by Crippen LogP contribution is 2.30. The summed E-state index contributed by atoms with van der Waals surface area (Å²) in [6.07, 6.45) is 0. The van der Waals surface area contributed by atoms with Crippen molar-refractivity contribution in [3.05, 3.63) is 64.7 Å². The number of carboxylic acids is 1. The SMILES string of the molecule is CC.CN1C(=O)C(C(=O)O)N=C(c2ccccc2)c2cc(Cl)ccc21. The number of carboxylic acid groups (broad SMARTS) is 1. The molecule has 25 heavy (non-hydrogen) atoms. The molecule has 0 bridgehead atoms. The van der Waals surface area contributed by atoms with Gasteiger partial charge < -0.3 is 10.0 Å². The Balaban J connectivity index is 0.00000109. The number of carbonyl (C=O) groups is 2. The minimum Gasteiger partial charge on any atom is -0.479 e. The molecular weight excluding hydrogens is 340 g/mol. The smallest absolute Gasteiger partial charge is 0.338 e. The van der Waals surface area contributed by atoms with Crippen LogP contribution in [0.15, 0.2) is 53.5 Å². The van der Waals surface area contributed by atoms with Gasteiger partial charge in [0, 0.05) is 23.2 Å². The summed E-state index contributed by atoms with van der Waals surface area (Å²) in [6.45, 7) is 4.00. The fraction of sp³-hybridized carbons (Fsp3) is 0.211. The third-order valence-corrected chi connectivity index (χ3v) is 3.91. The van der Waals surface area contributed by atoms with Gasteiger partial charge in [-0.3, -0.25) is 9.79 Å². The fourth-order valence-corrected chi connectivity index (χ4v) is 2.71. The lowest BCUT2D eigenvalue weighted by molar-refractivity contribution is -0.141. The Morgan fingerprint density at radius 3 is 2.40 bits per heavy atom. The number of fused-ring (bicyclic) bond motifs is 1. The van der Waals surface area contributed by atoms with Crippen LogP contribution in [0.1, 0.15) is 25.0 Å². The van der Waals surface area contributed by atoms with Crippen molar-refractivity contribution in [1.82, 2.24) is 0 Å². The third kappa shape index (κ3) is 3.72. The molecule has 1 aliphatic heterocycles. The zero-order valence-electron chi connectivity index (χ0n) is 14.2. The second-order valence-electron chi connectivity index (χ2n) is 5.14. The van der Waals surface area contributed by atoms with Gasteiger partial charge >= 0.3 is 5.97 Å². The Kier molecular flexibility index (Phi) is 5.93. The van der Waals surface area contributed by atoms with Gasteiger partial charge in [0.15, 0.2) is 0 Å². The van der Waals surface area contributed by atoms with Crippen LogP contribution in [0.5, 0.6) is 0 Å². The average molecular weight is 359 g/mol. The predicted octanol–water partition coefficient (Wildman–Crippen LogP) is 3.63. The summed E-state index contributed by atoms with van der Waals surface area (Å²) in [7, 11) is 1.54. The molecule has 0 aromatic heterocycles. The zero-order valence-corrected chi connectivity index (χ0v) is 15.0. The quantitative estimate of drug-likeness (QED) is 0.833. The molecule has 0 radical (unpaired) electrons. The van der Waals surface area contributed by atoms with Crippen LogP contribution in [0.2, 0.25) is 5.02 Å². The van der Waals surface area contributed by atoms with E-state index in [1.807, 2.05) is 44.2 Å². The lowest BCUT2D eigenvalue weighted by Gasteiger charge is -2.19. The second kappa shape index (κ2) is 7.94. The van der Waals surface area contributed by atoms with Crippen LogP contribution in [0.25, 0.3) is 0 Å². The number of nitrogens with zero attached hydrogens (tertiary/aromatic N) is 2. The molecule has 0 aliphatic carbocycles. The van der Waals surface area contributed by atoms with Gasteiger partial charge in [0.05, 0.1) is 11.4 Å². The van der Waals surface area contributed by atoms with Gasteiger partial charge in [-0.15, -0.1) is 0 Å². The van der Waals surface area contributed by atoms with E-state index in [2.05, 4.69) is 4.99 Å². The van der Waals surface area contributed by atoms with E-state index in [9.17, 15) is 14.7 Å². The summed E-state index contributed by atoms with van der Waals surface area (Å²) in [6, 6.07) is 12.7. The fourth-order valence-electron chi connectivity index (χ4n) is 2.53. The Morgan fingerprint density at radius 2 is 1.80 bits per heavy atom. The first-order valence-corrected chi connectivity index (χ1v) is 8.30.